The molecule has 1 aromatic rings. The largest absolute Gasteiger partial charge is 0.394 e. The molecule has 1 fully saturated rings. The topological polar surface area (TPSA) is 90.4 Å². The molecule has 6 heteroatoms. The highest BCUT2D eigenvalue weighted by molar-refractivity contribution is 5.23. The molecule has 0 aliphatic carbocycles. The molecule has 3 atom stereocenters. The Hall–Kier alpha value is -1.84. The Morgan fingerprint density at radius 1 is 1.76 bits per heavy atom. The molecule has 17 heavy (non-hydrogen) atoms. The van der Waals surface area contributed by atoms with E-state index >= 15 is 0 Å². The predicted molar refractivity (Wildman–Crippen MR) is 60.8 cm³/mol. The van der Waals surface area contributed by atoms with Crippen molar-refractivity contribution in [3.05, 3.63) is 22.7 Å². The molecule has 1 aromatic heterocycles. The number of nitrogen functional groups attached to an aromatic ring is 1. The van der Waals surface area contributed by atoms with Crippen molar-refractivity contribution < 1.29 is 9.84 Å². The van der Waals surface area contributed by atoms with E-state index in [2.05, 4.69) is 10.9 Å². The fraction of sp³-hybridized carbons (Fsp3) is 0.455. The van der Waals surface area contributed by atoms with Gasteiger partial charge in [-0.1, -0.05) is 5.92 Å². The van der Waals surface area contributed by atoms with Crippen LogP contribution in [-0.2, 0) is 4.74 Å². The molecule has 1 aliphatic rings. The van der Waals surface area contributed by atoms with Gasteiger partial charge in [-0.25, -0.2) is 4.79 Å². The Labute approximate surface area is 98.0 Å². The van der Waals surface area contributed by atoms with Gasteiger partial charge >= 0.3 is 5.69 Å². The van der Waals surface area contributed by atoms with Crippen LogP contribution in [0, 0.1) is 18.3 Å². The third-order valence-electron chi connectivity index (χ3n) is 2.74. The monoisotopic (exact) mass is 235 g/mol. The van der Waals surface area contributed by atoms with E-state index in [1.165, 1.54) is 16.8 Å². The smallest absolute Gasteiger partial charge is 0.351 e. The number of hydrogen-bond acceptors (Lipinski definition) is 5. The van der Waals surface area contributed by atoms with Crippen LogP contribution in [0.5, 0.6) is 0 Å². The molecule has 0 radical (unpaired) electrons. The maximum absolute atomic E-state index is 11.6. The van der Waals surface area contributed by atoms with Gasteiger partial charge in [-0.2, -0.15) is 4.98 Å². The Kier molecular flexibility index (Phi) is 3.13. The summed E-state index contributed by atoms with van der Waals surface area (Å²) in [6.45, 7) is -0.119. The van der Waals surface area contributed by atoms with Crippen molar-refractivity contribution in [1.82, 2.24) is 9.55 Å². The van der Waals surface area contributed by atoms with Gasteiger partial charge in [-0.15, -0.1) is 6.42 Å². The number of aliphatic hydroxyl groups excluding tert-OH is 1. The summed E-state index contributed by atoms with van der Waals surface area (Å²) in [5.74, 6) is 2.46. The third-order valence-corrected chi connectivity index (χ3v) is 2.74. The van der Waals surface area contributed by atoms with Gasteiger partial charge < -0.3 is 15.6 Å². The van der Waals surface area contributed by atoms with E-state index in [1.54, 1.807) is 0 Å². The van der Waals surface area contributed by atoms with Gasteiger partial charge in [0.15, 0.2) is 6.23 Å². The molecule has 0 amide bonds. The molecule has 2 rings (SSSR count). The second-order valence-electron chi connectivity index (χ2n) is 3.88. The Balaban J connectivity index is 2.33. The minimum Gasteiger partial charge on any atom is -0.394 e. The molecule has 1 saturated heterocycles. The molecule has 0 spiro atoms. The maximum Gasteiger partial charge on any atom is 0.351 e. The van der Waals surface area contributed by atoms with Crippen LogP contribution >= 0.6 is 0 Å². The van der Waals surface area contributed by atoms with E-state index in [4.69, 9.17) is 22.0 Å². The first-order valence-corrected chi connectivity index (χ1v) is 5.23. The summed E-state index contributed by atoms with van der Waals surface area (Å²) in [5, 5.41) is 9.04. The van der Waals surface area contributed by atoms with E-state index in [-0.39, 0.29) is 24.4 Å². The van der Waals surface area contributed by atoms with Crippen LogP contribution in [0.2, 0.25) is 0 Å². The lowest BCUT2D eigenvalue weighted by atomic mass is 10.0. The summed E-state index contributed by atoms with van der Waals surface area (Å²) in [6.07, 6.45) is 6.48. The number of aliphatic hydroxyl groups is 1. The quantitative estimate of drug-likeness (QED) is 0.665. The maximum atomic E-state index is 11.6. The van der Waals surface area contributed by atoms with Crippen molar-refractivity contribution >= 4 is 5.82 Å². The van der Waals surface area contributed by atoms with E-state index < -0.39 is 11.9 Å². The number of hydrogen-bond donors (Lipinski definition) is 2. The Bertz CT molecular complexity index is 505. The van der Waals surface area contributed by atoms with Gasteiger partial charge in [0.05, 0.1) is 18.6 Å². The van der Waals surface area contributed by atoms with Crippen molar-refractivity contribution in [3.63, 3.8) is 0 Å². The average molecular weight is 235 g/mol. The van der Waals surface area contributed by atoms with E-state index in [0.29, 0.717) is 6.42 Å². The van der Waals surface area contributed by atoms with Crippen LogP contribution in [0.1, 0.15) is 12.6 Å². The van der Waals surface area contributed by atoms with Crippen LogP contribution in [0.3, 0.4) is 0 Å². The molecule has 90 valence electrons. The zero-order valence-electron chi connectivity index (χ0n) is 9.11. The van der Waals surface area contributed by atoms with Crippen LogP contribution < -0.4 is 11.4 Å². The first-order valence-electron chi connectivity index (χ1n) is 5.23. The first-order chi connectivity index (χ1) is 8.15. The molecule has 3 N–H and O–H groups in total. The first kappa shape index (κ1) is 11.6. The lowest BCUT2D eigenvalue weighted by molar-refractivity contribution is -0.0303. The minimum atomic E-state index is -0.585. The van der Waals surface area contributed by atoms with Crippen LogP contribution in [-0.4, -0.2) is 27.4 Å². The SMILES string of the molecule is C#CC1CC(CO)OC1n1ccc(N)nc1=O. The molecule has 0 aromatic carbocycles. The van der Waals surface area contributed by atoms with Crippen molar-refractivity contribution in [1.29, 1.82) is 0 Å². The standard InChI is InChI=1S/C11H13N3O3/c1-2-7-5-8(6-15)17-10(7)14-4-3-9(12)13-11(14)16/h1,3-4,7-8,10,15H,5-6H2,(H2,12,13,16). The van der Waals surface area contributed by atoms with Crippen molar-refractivity contribution in [2.45, 2.75) is 18.8 Å². The van der Waals surface area contributed by atoms with Crippen LogP contribution in [0.25, 0.3) is 0 Å². The number of terminal acetylenes is 1. The second-order valence-corrected chi connectivity index (χ2v) is 3.88. The third kappa shape index (κ3) is 2.16. The number of rotatable bonds is 2. The van der Waals surface area contributed by atoms with Gasteiger partial charge in [-0.3, -0.25) is 4.57 Å². The highest BCUT2D eigenvalue weighted by Gasteiger charge is 2.35. The summed E-state index contributed by atoms with van der Waals surface area (Å²) in [7, 11) is 0. The number of nitrogens with two attached hydrogens (primary N) is 1. The fourth-order valence-corrected chi connectivity index (χ4v) is 1.89. The number of aromatic nitrogens is 2. The highest BCUT2D eigenvalue weighted by Crippen LogP contribution is 2.32. The lowest BCUT2D eigenvalue weighted by Crippen LogP contribution is -2.30. The van der Waals surface area contributed by atoms with Crippen molar-refractivity contribution in [3.8, 4) is 12.3 Å². The van der Waals surface area contributed by atoms with Crippen molar-refractivity contribution in [2.24, 2.45) is 5.92 Å². The zero-order valence-corrected chi connectivity index (χ0v) is 9.11. The van der Waals surface area contributed by atoms with Crippen molar-refractivity contribution in [2.75, 3.05) is 12.3 Å². The van der Waals surface area contributed by atoms with E-state index in [9.17, 15) is 4.79 Å². The molecular formula is C11H13N3O3. The van der Waals surface area contributed by atoms with E-state index in [0.717, 1.165) is 0 Å². The molecule has 1 aliphatic heterocycles. The Morgan fingerprint density at radius 3 is 3.12 bits per heavy atom. The molecule has 2 heterocycles. The van der Waals surface area contributed by atoms with Gasteiger partial charge in [0.25, 0.3) is 0 Å². The fourth-order valence-electron chi connectivity index (χ4n) is 1.89. The van der Waals surface area contributed by atoms with E-state index in [1.807, 2.05) is 0 Å². The average Bonchev–Trinajstić information content (AvgIpc) is 2.72. The summed E-state index contributed by atoms with van der Waals surface area (Å²) in [5.41, 5.74) is 4.90. The molecule has 0 bridgehead atoms. The van der Waals surface area contributed by atoms with Crippen LogP contribution in [0.4, 0.5) is 5.82 Å². The molecular weight excluding hydrogens is 222 g/mol. The number of anilines is 1. The summed E-state index contributed by atoms with van der Waals surface area (Å²) in [4.78, 5) is 15.3. The van der Waals surface area contributed by atoms with Gasteiger partial charge in [-0.05, 0) is 12.5 Å². The Morgan fingerprint density at radius 2 is 2.53 bits per heavy atom. The van der Waals surface area contributed by atoms with Gasteiger partial charge in [0.1, 0.15) is 5.82 Å². The normalized spacial score (nSPS) is 27.9. The van der Waals surface area contributed by atoms with Crippen LogP contribution in [0.15, 0.2) is 17.1 Å². The zero-order chi connectivity index (χ0) is 12.4. The summed E-state index contributed by atoms with van der Waals surface area (Å²) in [6, 6.07) is 1.50. The number of ether oxygens (including phenoxy) is 1. The summed E-state index contributed by atoms with van der Waals surface area (Å²) >= 11 is 0. The van der Waals surface area contributed by atoms with Gasteiger partial charge in [0.2, 0.25) is 0 Å². The molecule has 3 unspecified atom stereocenters. The summed E-state index contributed by atoms with van der Waals surface area (Å²) < 4.78 is 6.81. The minimum absolute atomic E-state index is 0.119. The lowest BCUT2D eigenvalue weighted by Gasteiger charge is -2.17. The highest BCUT2D eigenvalue weighted by atomic mass is 16.5. The van der Waals surface area contributed by atoms with Gasteiger partial charge in [0, 0.05) is 6.20 Å². The number of nitrogens with zero attached hydrogens (tertiary/aromatic N) is 2. The second kappa shape index (κ2) is 4.57. The molecule has 6 nitrogen and oxygen atoms in total. The molecule has 0 saturated carbocycles. The predicted octanol–water partition coefficient (Wildman–Crippen LogP) is -0.645.